The highest BCUT2D eigenvalue weighted by molar-refractivity contribution is 5.96. The fourth-order valence-electron chi connectivity index (χ4n) is 5.10. The number of alkyl halides is 4. The minimum atomic E-state index is -4.72. The third-order valence-electron chi connectivity index (χ3n) is 6.99. The lowest BCUT2D eigenvalue weighted by atomic mass is 10.0. The number of nitrogen functional groups attached to an aromatic ring is 1. The topological polar surface area (TPSA) is 126 Å². The van der Waals surface area contributed by atoms with Gasteiger partial charge in [-0.05, 0) is 43.9 Å². The van der Waals surface area contributed by atoms with Crippen LogP contribution in [-0.4, -0.2) is 67.3 Å². The molecule has 1 saturated carbocycles. The second-order valence-corrected chi connectivity index (χ2v) is 9.47. The molecule has 0 unspecified atom stereocenters. The number of carbonyl (C=O) groups excluding carboxylic acids is 2. The Morgan fingerprint density at radius 2 is 1.89 bits per heavy atom. The third-order valence-corrected chi connectivity index (χ3v) is 6.99. The predicted octanol–water partition coefficient (Wildman–Crippen LogP) is 2.58. The van der Waals surface area contributed by atoms with Crippen molar-refractivity contribution in [2.45, 2.75) is 49.7 Å². The number of carbonyl (C=O) groups is 2. The first-order valence-corrected chi connectivity index (χ1v) is 11.7. The van der Waals surface area contributed by atoms with Gasteiger partial charge in [0.2, 0.25) is 0 Å². The quantitative estimate of drug-likeness (QED) is 0.454. The Bertz CT molecular complexity index is 1370. The molecule has 37 heavy (non-hydrogen) atoms. The van der Waals surface area contributed by atoms with Gasteiger partial charge in [0.1, 0.15) is 23.6 Å². The van der Waals surface area contributed by atoms with E-state index in [0.717, 1.165) is 16.9 Å². The van der Waals surface area contributed by atoms with E-state index in [9.17, 15) is 32.3 Å². The molecular weight excluding hydrogens is 496 g/mol. The summed E-state index contributed by atoms with van der Waals surface area (Å²) in [6.45, 7) is -0.341. The van der Waals surface area contributed by atoms with Crippen molar-refractivity contribution in [1.29, 1.82) is 0 Å². The molecule has 2 aliphatic rings. The molecular formula is C24H24F4N6O3. The molecule has 2 aromatic heterocycles. The van der Waals surface area contributed by atoms with Crippen LogP contribution in [-0.2, 0) is 11.0 Å². The number of amides is 2. The van der Waals surface area contributed by atoms with Crippen LogP contribution in [0, 0.1) is 0 Å². The first-order valence-electron chi connectivity index (χ1n) is 11.7. The monoisotopic (exact) mass is 520 g/mol. The van der Waals surface area contributed by atoms with E-state index < -0.39 is 46.9 Å². The van der Waals surface area contributed by atoms with Crippen molar-refractivity contribution >= 4 is 23.1 Å². The predicted molar refractivity (Wildman–Crippen MR) is 124 cm³/mol. The minimum absolute atomic E-state index is 0.0388. The lowest BCUT2D eigenvalue weighted by Crippen LogP contribution is -2.47. The molecule has 1 aromatic carbocycles. The summed E-state index contributed by atoms with van der Waals surface area (Å²) in [5.41, 5.74) is 3.15. The zero-order valence-electron chi connectivity index (χ0n) is 19.5. The lowest BCUT2D eigenvalue weighted by Gasteiger charge is -2.27. The van der Waals surface area contributed by atoms with Gasteiger partial charge in [0, 0.05) is 17.7 Å². The van der Waals surface area contributed by atoms with Crippen molar-refractivity contribution in [3.63, 3.8) is 0 Å². The molecule has 5 rings (SSSR count). The Balaban J connectivity index is 1.37. The number of rotatable bonds is 4. The van der Waals surface area contributed by atoms with Crippen LogP contribution in [0.4, 0.5) is 23.4 Å². The number of likely N-dealkylation sites (tertiary alicyclic amines) is 1. The van der Waals surface area contributed by atoms with E-state index in [2.05, 4.69) is 15.4 Å². The van der Waals surface area contributed by atoms with E-state index in [4.69, 9.17) is 5.73 Å². The molecule has 1 aliphatic carbocycles. The van der Waals surface area contributed by atoms with Crippen molar-refractivity contribution in [2.24, 2.45) is 0 Å². The van der Waals surface area contributed by atoms with Gasteiger partial charge < -0.3 is 21.1 Å². The van der Waals surface area contributed by atoms with Crippen molar-refractivity contribution in [3.05, 3.63) is 47.8 Å². The lowest BCUT2D eigenvalue weighted by molar-refractivity contribution is -0.149. The summed E-state index contributed by atoms with van der Waals surface area (Å²) in [7, 11) is 0. The van der Waals surface area contributed by atoms with Crippen molar-refractivity contribution in [3.8, 4) is 11.3 Å². The summed E-state index contributed by atoms with van der Waals surface area (Å²) < 4.78 is 56.7. The minimum Gasteiger partial charge on any atom is -0.382 e. The standard InChI is InChI=1S/C24H24F4N6O3/c25-16-10-33(22(36)23(37)6-1-2-7-23)11-17(16)32-21(35)14-5-3-4-13(8-14)18-9-15(24(26,27)28)19-20(29)30-12-31-34(18)19/h3-5,8-9,12,16-17,37H,1-2,6-7,10-11H2,(H,32,35)(H2,29,30,31)/t16-,17+/m0/s1. The molecule has 13 heteroatoms. The van der Waals surface area contributed by atoms with Gasteiger partial charge in [-0.25, -0.2) is 13.9 Å². The molecule has 1 saturated heterocycles. The highest BCUT2D eigenvalue weighted by Crippen LogP contribution is 2.38. The molecule has 3 heterocycles. The van der Waals surface area contributed by atoms with E-state index in [1.54, 1.807) is 0 Å². The first-order chi connectivity index (χ1) is 17.5. The molecule has 3 aromatic rings. The molecule has 2 atom stereocenters. The van der Waals surface area contributed by atoms with Crippen LogP contribution in [0.1, 0.15) is 41.6 Å². The van der Waals surface area contributed by atoms with E-state index in [1.807, 2.05) is 0 Å². The number of benzene rings is 1. The fraction of sp³-hybridized carbons (Fsp3) is 0.417. The normalized spacial score (nSPS) is 21.5. The molecule has 0 radical (unpaired) electrons. The van der Waals surface area contributed by atoms with Gasteiger partial charge in [-0.1, -0.05) is 12.1 Å². The van der Waals surface area contributed by atoms with Crippen molar-refractivity contribution in [1.82, 2.24) is 24.8 Å². The van der Waals surface area contributed by atoms with E-state index >= 15 is 0 Å². The van der Waals surface area contributed by atoms with Crippen LogP contribution < -0.4 is 11.1 Å². The Hall–Kier alpha value is -3.74. The van der Waals surface area contributed by atoms with Crippen LogP contribution in [0.15, 0.2) is 36.7 Å². The number of hydrogen-bond acceptors (Lipinski definition) is 6. The van der Waals surface area contributed by atoms with E-state index in [-0.39, 0.29) is 35.7 Å². The fourth-order valence-corrected chi connectivity index (χ4v) is 5.10. The Morgan fingerprint density at radius 1 is 1.16 bits per heavy atom. The van der Waals surface area contributed by atoms with Gasteiger partial charge in [-0.2, -0.15) is 18.3 Å². The molecule has 196 valence electrons. The van der Waals surface area contributed by atoms with E-state index in [0.29, 0.717) is 25.7 Å². The molecule has 9 nitrogen and oxygen atoms in total. The molecule has 1 aliphatic heterocycles. The average Bonchev–Trinajstić information content (AvgIpc) is 3.57. The van der Waals surface area contributed by atoms with Crippen molar-refractivity contribution in [2.75, 3.05) is 18.8 Å². The second-order valence-electron chi connectivity index (χ2n) is 9.47. The number of fused-ring (bicyclic) bond motifs is 1. The zero-order chi connectivity index (χ0) is 26.5. The third kappa shape index (κ3) is 4.47. The molecule has 2 fully saturated rings. The smallest absolute Gasteiger partial charge is 0.382 e. The Morgan fingerprint density at radius 3 is 2.59 bits per heavy atom. The van der Waals surface area contributed by atoms with Crippen LogP contribution >= 0.6 is 0 Å². The zero-order valence-corrected chi connectivity index (χ0v) is 19.5. The highest BCUT2D eigenvalue weighted by Gasteiger charge is 2.46. The largest absolute Gasteiger partial charge is 0.418 e. The van der Waals surface area contributed by atoms with Gasteiger partial charge >= 0.3 is 6.18 Å². The van der Waals surface area contributed by atoms with E-state index in [1.165, 1.54) is 29.2 Å². The SMILES string of the molecule is Nc1ncnn2c(-c3cccc(C(=O)N[C@@H]4CN(C(=O)C5(O)CCCC5)C[C@@H]4F)c3)cc(C(F)(F)F)c12. The summed E-state index contributed by atoms with van der Waals surface area (Å²) in [4.78, 5) is 30.5. The van der Waals surface area contributed by atoms with Gasteiger partial charge in [-0.3, -0.25) is 9.59 Å². The molecule has 0 bridgehead atoms. The number of nitrogens with zero attached hydrogens (tertiary/aromatic N) is 4. The van der Waals surface area contributed by atoms with Gasteiger partial charge in [-0.15, -0.1) is 0 Å². The molecule has 2 amide bonds. The summed E-state index contributed by atoms with van der Waals surface area (Å²) in [5.74, 6) is -1.54. The van der Waals surface area contributed by atoms with Crippen LogP contribution in [0.2, 0.25) is 0 Å². The number of halogens is 4. The maximum absolute atomic E-state index is 14.7. The summed E-state index contributed by atoms with van der Waals surface area (Å²) in [6, 6.07) is 5.67. The summed E-state index contributed by atoms with van der Waals surface area (Å²) >= 11 is 0. The maximum atomic E-state index is 14.7. The highest BCUT2D eigenvalue weighted by atomic mass is 19.4. The number of anilines is 1. The van der Waals surface area contributed by atoms with Gasteiger partial charge in [0.25, 0.3) is 11.8 Å². The number of nitrogens with one attached hydrogen (secondary N) is 1. The maximum Gasteiger partial charge on any atom is 0.418 e. The van der Waals surface area contributed by atoms with Crippen molar-refractivity contribution < 1.29 is 32.3 Å². The van der Waals surface area contributed by atoms with Crippen LogP contribution in [0.25, 0.3) is 16.8 Å². The Labute approximate surface area is 208 Å². The van der Waals surface area contributed by atoms with Crippen LogP contribution in [0.3, 0.4) is 0 Å². The summed E-state index contributed by atoms with van der Waals surface area (Å²) in [6.07, 6.45) is -3.15. The molecule has 0 spiro atoms. The second kappa shape index (κ2) is 8.98. The molecule has 4 N–H and O–H groups in total. The number of nitrogens with two attached hydrogens (primary N) is 1. The van der Waals surface area contributed by atoms with Gasteiger partial charge in [0.15, 0.2) is 5.82 Å². The number of aromatic nitrogens is 3. The Kier molecular flexibility index (Phi) is 6.05. The average molecular weight is 520 g/mol. The number of aliphatic hydroxyl groups is 1. The van der Waals surface area contributed by atoms with Gasteiger partial charge in [0.05, 0.1) is 23.8 Å². The van der Waals surface area contributed by atoms with Crippen LogP contribution in [0.5, 0.6) is 0 Å². The first kappa shape index (κ1) is 24.9. The number of hydrogen-bond donors (Lipinski definition) is 3. The summed E-state index contributed by atoms with van der Waals surface area (Å²) in [5, 5.41) is 17.0.